The molecular weight excluding hydrogens is 469 g/mol. The zero-order chi connectivity index (χ0) is 22.7. The van der Waals surface area contributed by atoms with Gasteiger partial charge in [-0.1, -0.05) is 46.7 Å². The molecule has 1 saturated heterocycles. The Morgan fingerprint density at radius 2 is 1.66 bits per heavy atom. The quantitative estimate of drug-likeness (QED) is 0.516. The molecule has 10 heteroatoms. The van der Waals surface area contributed by atoms with Crippen molar-refractivity contribution in [2.75, 3.05) is 41.7 Å². The van der Waals surface area contributed by atoms with E-state index in [-0.39, 0.29) is 5.91 Å². The Labute approximate surface area is 200 Å². The molecule has 1 aliphatic heterocycles. The molecule has 2 N–H and O–H groups in total. The Morgan fingerprint density at radius 1 is 0.969 bits per heavy atom. The first-order chi connectivity index (χ1) is 15.4. The lowest BCUT2D eigenvalue weighted by molar-refractivity contribution is 0.0750. The fourth-order valence-electron chi connectivity index (χ4n) is 3.46. The summed E-state index contributed by atoms with van der Waals surface area (Å²) in [4.78, 5) is 34.2. The van der Waals surface area contributed by atoms with Crippen LogP contribution in [0.25, 0.3) is 0 Å². The van der Waals surface area contributed by atoms with E-state index in [1.165, 1.54) is 11.3 Å². The summed E-state index contributed by atoms with van der Waals surface area (Å²) < 4.78 is 0. The van der Waals surface area contributed by atoms with Crippen molar-refractivity contribution in [3.8, 4) is 0 Å². The van der Waals surface area contributed by atoms with Gasteiger partial charge in [0, 0.05) is 47.6 Å². The molecule has 1 aromatic heterocycles. The number of nitrogens with one attached hydrogen (secondary N) is 2. The molecule has 0 bridgehead atoms. The number of amides is 3. The van der Waals surface area contributed by atoms with Crippen LogP contribution in [-0.4, -0.2) is 48.0 Å². The Hall–Kier alpha value is -2.81. The third-order valence-corrected chi connectivity index (χ3v) is 6.57. The molecule has 2 aromatic carbocycles. The van der Waals surface area contributed by atoms with Crippen LogP contribution in [0.4, 0.5) is 21.3 Å². The molecule has 0 atom stereocenters. The van der Waals surface area contributed by atoms with Gasteiger partial charge in [0.15, 0.2) is 5.13 Å². The van der Waals surface area contributed by atoms with E-state index in [4.69, 9.17) is 23.2 Å². The van der Waals surface area contributed by atoms with Crippen molar-refractivity contribution in [1.82, 2.24) is 9.88 Å². The molecule has 3 amide bonds. The maximum atomic E-state index is 13.1. The van der Waals surface area contributed by atoms with Gasteiger partial charge < -0.3 is 15.1 Å². The second-order valence-electron chi connectivity index (χ2n) is 7.28. The summed E-state index contributed by atoms with van der Waals surface area (Å²) in [5, 5.41) is 6.97. The Bertz CT molecular complexity index is 1140. The molecule has 0 aliphatic carbocycles. The van der Waals surface area contributed by atoms with E-state index in [1.807, 2.05) is 29.2 Å². The standard InChI is InChI=1S/C22H21Cl2N5O2S/c1-14-19(32-22(25-14)27-21(31)26-17-6-2-4-15(23)12-17)20(30)29-10-8-28(9-11-29)18-7-3-5-16(24)13-18/h2-7,12-13H,8-11H2,1H3,(H2,25,26,27,31). The average molecular weight is 490 g/mol. The number of aryl methyl sites for hydroxylation is 1. The number of rotatable bonds is 4. The number of nitrogens with zero attached hydrogens (tertiary/aromatic N) is 3. The third-order valence-electron chi connectivity index (χ3n) is 5.03. The summed E-state index contributed by atoms with van der Waals surface area (Å²) in [5.41, 5.74) is 2.21. The summed E-state index contributed by atoms with van der Waals surface area (Å²) >= 11 is 13.2. The summed E-state index contributed by atoms with van der Waals surface area (Å²) in [6.45, 7) is 4.40. The summed E-state index contributed by atoms with van der Waals surface area (Å²) in [7, 11) is 0. The molecule has 7 nitrogen and oxygen atoms in total. The van der Waals surface area contributed by atoms with Crippen LogP contribution in [0, 0.1) is 6.92 Å². The van der Waals surface area contributed by atoms with Gasteiger partial charge >= 0.3 is 6.03 Å². The van der Waals surface area contributed by atoms with E-state index in [0.29, 0.717) is 44.5 Å². The van der Waals surface area contributed by atoms with Crippen LogP contribution in [0.5, 0.6) is 0 Å². The number of aromatic nitrogens is 1. The van der Waals surface area contributed by atoms with Crippen molar-refractivity contribution in [3.63, 3.8) is 0 Å². The number of urea groups is 1. The molecule has 1 fully saturated rings. The van der Waals surface area contributed by atoms with Gasteiger partial charge in [0.2, 0.25) is 0 Å². The van der Waals surface area contributed by atoms with Gasteiger partial charge in [-0.05, 0) is 43.3 Å². The van der Waals surface area contributed by atoms with Crippen LogP contribution in [0.15, 0.2) is 48.5 Å². The monoisotopic (exact) mass is 489 g/mol. The molecule has 0 saturated carbocycles. The number of benzene rings is 2. The number of carbonyl (C=O) groups is 2. The minimum Gasteiger partial charge on any atom is -0.368 e. The van der Waals surface area contributed by atoms with Crippen molar-refractivity contribution in [3.05, 3.63) is 69.1 Å². The van der Waals surface area contributed by atoms with Crippen molar-refractivity contribution < 1.29 is 9.59 Å². The first kappa shape index (κ1) is 22.4. The summed E-state index contributed by atoms with van der Waals surface area (Å²) in [6.07, 6.45) is 0. The third kappa shape index (κ3) is 5.32. The van der Waals surface area contributed by atoms with Gasteiger partial charge in [-0.25, -0.2) is 9.78 Å². The van der Waals surface area contributed by atoms with Gasteiger partial charge in [-0.3, -0.25) is 10.1 Å². The summed E-state index contributed by atoms with van der Waals surface area (Å²) in [5.74, 6) is -0.0750. The van der Waals surface area contributed by atoms with E-state index in [2.05, 4.69) is 20.5 Å². The van der Waals surface area contributed by atoms with Gasteiger partial charge in [-0.15, -0.1) is 0 Å². The van der Waals surface area contributed by atoms with Crippen LogP contribution in [0.1, 0.15) is 15.4 Å². The van der Waals surface area contributed by atoms with Crippen LogP contribution in [0.3, 0.4) is 0 Å². The molecule has 2 heterocycles. The van der Waals surface area contributed by atoms with E-state index in [9.17, 15) is 9.59 Å². The normalized spacial score (nSPS) is 13.7. The number of anilines is 3. The van der Waals surface area contributed by atoms with Gasteiger partial charge in [0.1, 0.15) is 4.88 Å². The van der Waals surface area contributed by atoms with Crippen LogP contribution in [0.2, 0.25) is 10.0 Å². The van der Waals surface area contributed by atoms with Crippen molar-refractivity contribution in [2.24, 2.45) is 0 Å². The second kappa shape index (κ2) is 9.77. The maximum Gasteiger partial charge on any atom is 0.325 e. The minimum absolute atomic E-state index is 0.0750. The molecule has 1 aliphatic rings. The van der Waals surface area contributed by atoms with Crippen LogP contribution < -0.4 is 15.5 Å². The lowest BCUT2D eigenvalue weighted by atomic mass is 10.2. The molecule has 32 heavy (non-hydrogen) atoms. The highest BCUT2D eigenvalue weighted by Crippen LogP contribution is 2.26. The molecule has 0 spiro atoms. The largest absolute Gasteiger partial charge is 0.368 e. The number of piperazine rings is 1. The number of hydrogen-bond donors (Lipinski definition) is 2. The first-order valence-electron chi connectivity index (χ1n) is 10.00. The fourth-order valence-corrected chi connectivity index (χ4v) is 4.76. The van der Waals surface area contributed by atoms with E-state index >= 15 is 0 Å². The van der Waals surface area contributed by atoms with E-state index < -0.39 is 6.03 Å². The van der Waals surface area contributed by atoms with Crippen LogP contribution in [-0.2, 0) is 0 Å². The number of thiazole rings is 1. The molecular formula is C22H21Cl2N5O2S. The Kier molecular flexibility index (Phi) is 6.83. The zero-order valence-corrected chi connectivity index (χ0v) is 19.6. The van der Waals surface area contributed by atoms with Gasteiger partial charge in [0.25, 0.3) is 5.91 Å². The predicted octanol–water partition coefficient (Wildman–Crippen LogP) is 5.36. The van der Waals surface area contributed by atoms with E-state index in [0.717, 1.165) is 18.8 Å². The lowest BCUT2D eigenvalue weighted by Gasteiger charge is -2.36. The highest BCUT2D eigenvalue weighted by Gasteiger charge is 2.26. The highest BCUT2D eigenvalue weighted by atomic mass is 35.5. The topological polar surface area (TPSA) is 77.6 Å². The highest BCUT2D eigenvalue weighted by molar-refractivity contribution is 7.17. The minimum atomic E-state index is -0.449. The average Bonchev–Trinajstić information content (AvgIpc) is 3.13. The summed E-state index contributed by atoms with van der Waals surface area (Å²) in [6, 6.07) is 14.1. The molecule has 0 unspecified atom stereocenters. The molecule has 4 rings (SSSR count). The maximum absolute atomic E-state index is 13.1. The van der Waals surface area contributed by atoms with Crippen LogP contribution >= 0.6 is 34.5 Å². The molecule has 0 radical (unpaired) electrons. The predicted molar refractivity (Wildman–Crippen MR) is 131 cm³/mol. The molecule has 166 valence electrons. The SMILES string of the molecule is Cc1nc(NC(=O)Nc2cccc(Cl)c2)sc1C(=O)N1CCN(c2cccc(Cl)c2)CC1. The number of hydrogen-bond acceptors (Lipinski definition) is 5. The Balaban J connectivity index is 1.36. The number of carbonyl (C=O) groups excluding carboxylic acids is 2. The lowest BCUT2D eigenvalue weighted by Crippen LogP contribution is -2.48. The number of halogens is 2. The molecule has 3 aromatic rings. The van der Waals surface area contributed by atoms with E-state index in [1.54, 1.807) is 31.2 Å². The van der Waals surface area contributed by atoms with Crippen molar-refractivity contribution in [1.29, 1.82) is 0 Å². The fraction of sp³-hybridized carbons (Fsp3) is 0.227. The first-order valence-corrected chi connectivity index (χ1v) is 11.6. The van der Waals surface area contributed by atoms with Gasteiger partial charge in [-0.2, -0.15) is 0 Å². The van der Waals surface area contributed by atoms with Crippen molar-refractivity contribution in [2.45, 2.75) is 6.92 Å². The zero-order valence-electron chi connectivity index (χ0n) is 17.3. The smallest absolute Gasteiger partial charge is 0.325 e. The van der Waals surface area contributed by atoms with Crippen molar-refractivity contribution >= 4 is 63.0 Å². The van der Waals surface area contributed by atoms with Gasteiger partial charge in [0.05, 0.1) is 5.69 Å². The second-order valence-corrected chi connectivity index (χ2v) is 9.15. The Morgan fingerprint density at radius 3 is 2.34 bits per heavy atom.